The van der Waals surface area contributed by atoms with E-state index in [0.717, 1.165) is 39.8 Å². The fraction of sp³-hybridized carbons (Fsp3) is 0. The number of para-hydroxylation sites is 4. The molecule has 13 aromatic rings. The first-order chi connectivity index (χ1) is 32.8. The number of benzene rings is 11. The summed E-state index contributed by atoms with van der Waals surface area (Å²) >= 11 is 1.88. The largest absolute Gasteiger partial charge is 0.310 e. The fourth-order valence-corrected chi connectivity index (χ4v) is 11.4. The summed E-state index contributed by atoms with van der Waals surface area (Å²) in [5, 5.41) is 9.74. The van der Waals surface area contributed by atoms with E-state index in [9.17, 15) is 0 Å². The van der Waals surface area contributed by atoms with Crippen LogP contribution in [0.5, 0.6) is 0 Å². The Morgan fingerprint density at radius 1 is 0.333 bits per heavy atom. The smallest absolute Gasteiger partial charge is 0.0661 e. The molecule has 13 rings (SSSR count). The molecule has 0 aliphatic carbocycles. The van der Waals surface area contributed by atoms with Crippen molar-refractivity contribution in [2.45, 2.75) is 0 Å². The number of rotatable bonds is 8. The minimum atomic E-state index is 1.08. The van der Waals surface area contributed by atoms with E-state index in [-0.39, 0.29) is 0 Å². The SMILES string of the molecule is c1ccc(N(c2cc(N(c3ccccc3)c3cccc4ccccc34)c3sc4cccc(-c5ccc6c7ccccc7n(-c7ccccc7)c6c5)c4c3c2)c2cccc3ccccc23)cc1. The molecule has 66 heavy (non-hydrogen) atoms. The lowest BCUT2D eigenvalue weighted by atomic mass is 9.97. The second-order valence-electron chi connectivity index (χ2n) is 16.9. The van der Waals surface area contributed by atoms with Crippen LogP contribution >= 0.6 is 11.3 Å². The fourth-order valence-electron chi connectivity index (χ4n) is 10.2. The summed E-state index contributed by atoms with van der Waals surface area (Å²) in [5.41, 5.74) is 12.6. The highest BCUT2D eigenvalue weighted by molar-refractivity contribution is 7.26. The Morgan fingerprint density at radius 2 is 0.879 bits per heavy atom. The first-order valence-electron chi connectivity index (χ1n) is 22.5. The minimum Gasteiger partial charge on any atom is -0.310 e. The van der Waals surface area contributed by atoms with Gasteiger partial charge in [-0.05, 0) is 101 Å². The van der Waals surface area contributed by atoms with Crippen LogP contribution in [0.3, 0.4) is 0 Å². The quantitative estimate of drug-likeness (QED) is 0.151. The van der Waals surface area contributed by atoms with Gasteiger partial charge in [0.05, 0.1) is 32.8 Å². The summed E-state index contributed by atoms with van der Waals surface area (Å²) in [5.74, 6) is 0. The van der Waals surface area contributed by atoms with Gasteiger partial charge >= 0.3 is 0 Å². The zero-order chi connectivity index (χ0) is 43.6. The molecule has 310 valence electrons. The van der Waals surface area contributed by atoms with Gasteiger partial charge in [0, 0.05) is 59.8 Å². The van der Waals surface area contributed by atoms with E-state index in [4.69, 9.17) is 0 Å². The standard InChI is InChI=1S/C62H41N3S/c1-4-23-45(24-5-1)63(55-34-16-21-42-19-10-12-29-49(42)55)48-40-54-61-51(44-37-38-53-52-31-14-15-33-57(52)64(58(53)39-44)46-25-6-2-7-26-46)32-18-36-60(61)66-62(54)59(41-48)65(47-27-8-3-9-28-47)56-35-17-22-43-20-11-13-30-50(43)56/h1-41H. The Bertz CT molecular complexity index is 3940. The second-order valence-corrected chi connectivity index (χ2v) is 17.9. The van der Waals surface area contributed by atoms with E-state index in [1.54, 1.807) is 0 Å². The van der Waals surface area contributed by atoms with Crippen molar-refractivity contribution in [3.8, 4) is 16.8 Å². The Labute approximate surface area is 386 Å². The van der Waals surface area contributed by atoms with Crippen LogP contribution in [0.4, 0.5) is 34.1 Å². The van der Waals surface area contributed by atoms with Gasteiger partial charge in [-0.1, -0.05) is 170 Å². The third kappa shape index (κ3) is 6.18. The van der Waals surface area contributed by atoms with Crippen LogP contribution in [0.15, 0.2) is 249 Å². The summed E-state index contributed by atoms with van der Waals surface area (Å²) in [6.45, 7) is 0. The summed E-state index contributed by atoms with van der Waals surface area (Å²) in [7, 11) is 0. The van der Waals surface area contributed by atoms with Gasteiger partial charge in [-0.25, -0.2) is 0 Å². The summed E-state index contributed by atoms with van der Waals surface area (Å²) < 4.78 is 4.88. The first-order valence-corrected chi connectivity index (χ1v) is 23.3. The molecule has 0 amide bonds. The van der Waals surface area contributed by atoms with Gasteiger partial charge < -0.3 is 14.4 Å². The summed E-state index contributed by atoms with van der Waals surface area (Å²) in [4.78, 5) is 4.94. The van der Waals surface area contributed by atoms with Crippen LogP contribution in [0, 0.1) is 0 Å². The molecule has 0 atom stereocenters. The maximum Gasteiger partial charge on any atom is 0.0661 e. The Hall–Kier alpha value is -8.44. The van der Waals surface area contributed by atoms with Crippen molar-refractivity contribution < 1.29 is 0 Å². The van der Waals surface area contributed by atoms with Gasteiger partial charge in [0.1, 0.15) is 0 Å². The topological polar surface area (TPSA) is 11.4 Å². The molecule has 2 heterocycles. The van der Waals surface area contributed by atoms with E-state index in [0.29, 0.717) is 0 Å². The van der Waals surface area contributed by atoms with Crippen molar-refractivity contribution in [1.82, 2.24) is 4.57 Å². The van der Waals surface area contributed by atoms with Crippen LogP contribution in [0.2, 0.25) is 0 Å². The van der Waals surface area contributed by atoms with Crippen molar-refractivity contribution in [2.75, 3.05) is 9.80 Å². The average Bonchev–Trinajstić information content (AvgIpc) is 3.93. The van der Waals surface area contributed by atoms with Crippen LogP contribution in [-0.4, -0.2) is 4.57 Å². The molecule has 0 fully saturated rings. The molecule has 0 N–H and O–H groups in total. The molecule has 0 saturated carbocycles. The summed E-state index contributed by atoms with van der Waals surface area (Å²) in [6, 6.07) is 90.8. The molecule has 0 aliphatic heterocycles. The van der Waals surface area contributed by atoms with Gasteiger partial charge in [0.25, 0.3) is 0 Å². The summed E-state index contributed by atoms with van der Waals surface area (Å²) in [6.07, 6.45) is 0. The molecule has 0 bridgehead atoms. The van der Waals surface area contributed by atoms with Gasteiger partial charge in [-0.15, -0.1) is 11.3 Å². The highest BCUT2D eigenvalue weighted by Gasteiger charge is 2.25. The molecule has 0 aliphatic rings. The van der Waals surface area contributed by atoms with Gasteiger partial charge in [-0.2, -0.15) is 0 Å². The first kappa shape index (κ1) is 38.1. The number of fused-ring (bicyclic) bond motifs is 8. The molecule has 2 aromatic heterocycles. The molecule has 0 saturated heterocycles. The third-order valence-corrected chi connectivity index (χ3v) is 14.3. The van der Waals surface area contributed by atoms with Gasteiger partial charge in [-0.3, -0.25) is 0 Å². The number of hydrogen-bond donors (Lipinski definition) is 0. The van der Waals surface area contributed by atoms with E-state index in [1.165, 1.54) is 74.6 Å². The van der Waals surface area contributed by atoms with Crippen molar-refractivity contribution in [2.24, 2.45) is 0 Å². The molecule has 3 nitrogen and oxygen atoms in total. The Kier molecular flexibility index (Phi) is 9.03. The molecule has 11 aromatic carbocycles. The predicted molar refractivity (Wildman–Crippen MR) is 283 cm³/mol. The molecular weight excluding hydrogens is 819 g/mol. The van der Waals surface area contributed by atoms with Crippen LogP contribution in [-0.2, 0) is 0 Å². The number of hydrogen-bond acceptors (Lipinski definition) is 3. The maximum atomic E-state index is 2.49. The van der Waals surface area contributed by atoms with Crippen LogP contribution in [0.25, 0.3) is 80.3 Å². The number of thiophene rings is 1. The third-order valence-electron chi connectivity index (χ3n) is 13.1. The van der Waals surface area contributed by atoms with E-state index in [2.05, 4.69) is 263 Å². The highest BCUT2D eigenvalue weighted by Crippen LogP contribution is 2.52. The second kappa shape index (κ2) is 15.7. The van der Waals surface area contributed by atoms with Crippen LogP contribution in [0.1, 0.15) is 0 Å². The zero-order valence-corrected chi connectivity index (χ0v) is 36.7. The van der Waals surface area contributed by atoms with E-state index < -0.39 is 0 Å². The molecule has 0 spiro atoms. The zero-order valence-electron chi connectivity index (χ0n) is 35.9. The normalized spacial score (nSPS) is 11.6. The molecular formula is C62H41N3S. The average molecular weight is 860 g/mol. The molecule has 0 unspecified atom stereocenters. The highest BCUT2D eigenvalue weighted by atomic mass is 32.1. The minimum absolute atomic E-state index is 1.08. The van der Waals surface area contributed by atoms with Gasteiger partial charge in [0.2, 0.25) is 0 Å². The van der Waals surface area contributed by atoms with Crippen molar-refractivity contribution in [3.63, 3.8) is 0 Å². The van der Waals surface area contributed by atoms with E-state index in [1.807, 2.05) is 11.3 Å². The number of aromatic nitrogens is 1. The van der Waals surface area contributed by atoms with E-state index >= 15 is 0 Å². The molecule has 0 radical (unpaired) electrons. The predicted octanol–water partition coefficient (Wildman–Crippen LogP) is 18.1. The Morgan fingerprint density at radius 3 is 1.58 bits per heavy atom. The number of anilines is 6. The maximum absolute atomic E-state index is 2.49. The van der Waals surface area contributed by atoms with Crippen molar-refractivity contribution in [3.05, 3.63) is 249 Å². The van der Waals surface area contributed by atoms with Crippen LogP contribution < -0.4 is 9.80 Å². The number of nitrogens with zero attached hydrogens (tertiary/aromatic N) is 3. The van der Waals surface area contributed by atoms with Gasteiger partial charge in [0.15, 0.2) is 0 Å². The lowest BCUT2D eigenvalue weighted by Gasteiger charge is -2.31. The molecule has 4 heteroatoms. The van der Waals surface area contributed by atoms with Crippen molar-refractivity contribution >= 4 is 109 Å². The monoisotopic (exact) mass is 859 g/mol. The lowest BCUT2D eigenvalue weighted by Crippen LogP contribution is -2.14. The Balaban J connectivity index is 1.14. The van der Waals surface area contributed by atoms with Crippen molar-refractivity contribution in [1.29, 1.82) is 0 Å². The lowest BCUT2D eigenvalue weighted by molar-refractivity contribution is 1.18.